The van der Waals surface area contributed by atoms with E-state index in [0.717, 1.165) is 6.42 Å². The minimum atomic E-state index is 0. The van der Waals surface area contributed by atoms with Gasteiger partial charge < -0.3 is 12.4 Å². The Hall–Kier alpha value is -1.80. The van der Waals surface area contributed by atoms with Crippen LogP contribution in [0.2, 0.25) is 0 Å². The molecule has 2 aromatic carbocycles. The number of fused-ring (bicyclic) bond motifs is 1. The van der Waals surface area contributed by atoms with Gasteiger partial charge in [-0.2, -0.15) is 0 Å². The summed E-state index contributed by atoms with van der Waals surface area (Å²) < 4.78 is 4.56. The van der Waals surface area contributed by atoms with Crippen LogP contribution in [0.15, 0.2) is 54.6 Å². The molecule has 19 heavy (non-hydrogen) atoms. The Morgan fingerprint density at radius 2 is 1.58 bits per heavy atom. The highest BCUT2D eigenvalue weighted by Gasteiger charge is 2.19. The van der Waals surface area contributed by atoms with Crippen LogP contribution in [0.25, 0.3) is 11.0 Å². The summed E-state index contributed by atoms with van der Waals surface area (Å²) in [6.07, 6.45) is 0.961. The third-order valence-electron chi connectivity index (χ3n) is 3.58. The number of hydrogen-bond donors (Lipinski definition) is 0. The summed E-state index contributed by atoms with van der Waals surface area (Å²) in [6, 6.07) is 19.1. The van der Waals surface area contributed by atoms with E-state index in [9.17, 15) is 0 Å². The molecule has 98 valence electrons. The molecule has 0 saturated heterocycles. The zero-order valence-corrected chi connectivity index (χ0v) is 11.9. The van der Waals surface area contributed by atoms with E-state index in [4.69, 9.17) is 0 Å². The molecule has 0 aliphatic rings. The molecule has 0 aliphatic heterocycles. The molecule has 3 aromatic rings. The SMILES string of the molecule is Cn1c(Cc2ccccc2)[n+](C)c2ccccc21.[Cl-]. The molecule has 0 saturated carbocycles. The highest BCUT2D eigenvalue weighted by atomic mass is 35.5. The van der Waals surface area contributed by atoms with Crippen LogP contribution in [0, 0.1) is 0 Å². The smallest absolute Gasteiger partial charge is 0.261 e. The number of imidazole rings is 1. The van der Waals surface area contributed by atoms with Crippen LogP contribution >= 0.6 is 0 Å². The van der Waals surface area contributed by atoms with Gasteiger partial charge >= 0.3 is 0 Å². The zero-order valence-electron chi connectivity index (χ0n) is 11.2. The van der Waals surface area contributed by atoms with Crippen molar-refractivity contribution in [3.8, 4) is 0 Å². The number of halogens is 1. The van der Waals surface area contributed by atoms with Crippen LogP contribution < -0.4 is 17.0 Å². The third-order valence-corrected chi connectivity index (χ3v) is 3.58. The summed E-state index contributed by atoms with van der Waals surface area (Å²) in [5.74, 6) is 1.32. The molecular weight excluding hydrogens is 256 g/mol. The first-order chi connectivity index (χ1) is 8.77. The minimum absolute atomic E-state index is 0. The molecule has 0 fully saturated rings. The summed E-state index contributed by atoms with van der Waals surface area (Å²) in [6.45, 7) is 0. The Labute approximate surface area is 119 Å². The van der Waals surface area contributed by atoms with Crippen molar-refractivity contribution in [2.75, 3.05) is 0 Å². The number of hydrogen-bond acceptors (Lipinski definition) is 0. The Kier molecular flexibility index (Phi) is 3.91. The maximum atomic E-state index is 2.28. The van der Waals surface area contributed by atoms with Crippen molar-refractivity contribution in [3.05, 3.63) is 66.0 Å². The molecule has 1 aromatic heterocycles. The molecule has 0 radical (unpaired) electrons. The molecule has 1 heterocycles. The van der Waals surface area contributed by atoms with E-state index in [2.05, 4.69) is 77.8 Å². The van der Waals surface area contributed by atoms with Crippen molar-refractivity contribution >= 4 is 11.0 Å². The van der Waals surface area contributed by atoms with E-state index in [1.54, 1.807) is 0 Å². The molecule has 0 unspecified atom stereocenters. The molecule has 0 bridgehead atoms. The van der Waals surface area contributed by atoms with Crippen molar-refractivity contribution in [3.63, 3.8) is 0 Å². The average Bonchev–Trinajstić information content (AvgIpc) is 2.66. The van der Waals surface area contributed by atoms with Crippen LogP contribution in [0.5, 0.6) is 0 Å². The lowest BCUT2D eigenvalue weighted by Gasteiger charge is -1.99. The van der Waals surface area contributed by atoms with Crippen molar-refractivity contribution in [2.24, 2.45) is 14.1 Å². The zero-order chi connectivity index (χ0) is 12.5. The molecular formula is C16H17ClN2. The van der Waals surface area contributed by atoms with Gasteiger partial charge in [0, 0.05) is 0 Å². The van der Waals surface area contributed by atoms with Gasteiger partial charge in [-0.05, 0) is 17.7 Å². The fourth-order valence-electron chi connectivity index (χ4n) is 2.55. The van der Waals surface area contributed by atoms with Crippen LogP contribution in [0.1, 0.15) is 11.4 Å². The molecule has 0 atom stereocenters. The van der Waals surface area contributed by atoms with E-state index in [1.807, 2.05) is 0 Å². The molecule has 3 rings (SSSR count). The average molecular weight is 273 g/mol. The highest BCUT2D eigenvalue weighted by molar-refractivity contribution is 5.72. The van der Waals surface area contributed by atoms with Gasteiger partial charge in [-0.25, -0.2) is 9.13 Å². The molecule has 0 spiro atoms. The Morgan fingerprint density at radius 3 is 2.26 bits per heavy atom. The Morgan fingerprint density at radius 1 is 0.947 bits per heavy atom. The van der Waals surface area contributed by atoms with Gasteiger partial charge in [-0.3, -0.25) is 0 Å². The molecule has 0 aliphatic carbocycles. The first kappa shape index (κ1) is 13.6. The largest absolute Gasteiger partial charge is 1.00 e. The lowest BCUT2D eigenvalue weighted by atomic mass is 10.1. The van der Waals surface area contributed by atoms with Gasteiger partial charge in [0.2, 0.25) is 0 Å². The first-order valence-corrected chi connectivity index (χ1v) is 6.23. The summed E-state index contributed by atoms with van der Waals surface area (Å²) in [7, 11) is 4.28. The van der Waals surface area contributed by atoms with Gasteiger partial charge in [-0.15, -0.1) is 0 Å². The molecule has 3 heteroatoms. The second-order valence-electron chi connectivity index (χ2n) is 4.69. The monoisotopic (exact) mass is 272 g/mol. The lowest BCUT2D eigenvalue weighted by molar-refractivity contribution is -0.653. The first-order valence-electron chi connectivity index (χ1n) is 6.23. The second kappa shape index (κ2) is 5.45. The fourth-order valence-corrected chi connectivity index (χ4v) is 2.55. The second-order valence-corrected chi connectivity index (χ2v) is 4.69. The van der Waals surface area contributed by atoms with Crippen molar-refractivity contribution < 1.29 is 17.0 Å². The van der Waals surface area contributed by atoms with Crippen molar-refractivity contribution in [1.82, 2.24) is 4.57 Å². The van der Waals surface area contributed by atoms with Gasteiger partial charge in [0.05, 0.1) is 20.5 Å². The predicted molar refractivity (Wildman–Crippen MR) is 73.3 cm³/mol. The van der Waals surface area contributed by atoms with E-state index in [1.165, 1.54) is 22.4 Å². The van der Waals surface area contributed by atoms with E-state index >= 15 is 0 Å². The van der Waals surface area contributed by atoms with Gasteiger partial charge in [0.25, 0.3) is 5.82 Å². The summed E-state index contributed by atoms with van der Waals surface area (Å²) >= 11 is 0. The summed E-state index contributed by atoms with van der Waals surface area (Å²) in [5.41, 5.74) is 3.91. The van der Waals surface area contributed by atoms with Gasteiger partial charge in [-0.1, -0.05) is 42.5 Å². The predicted octanol–water partition coefficient (Wildman–Crippen LogP) is -0.402. The number of aromatic nitrogens is 2. The molecule has 0 amide bonds. The number of rotatable bonds is 2. The maximum Gasteiger partial charge on any atom is 0.261 e. The number of aryl methyl sites for hydroxylation is 2. The lowest BCUT2D eigenvalue weighted by Crippen LogP contribution is -3.00. The van der Waals surface area contributed by atoms with E-state index in [0.29, 0.717) is 0 Å². The fraction of sp³-hybridized carbons (Fsp3) is 0.188. The maximum absolute atomic E-state index is 2.28. The van der Waals surface area contributed by atoms with Gasteiger partial charge in [0.1, 0.15) is 0 Å². The van der Waals surface area contributed by atoms with Crippen LogP contribution in [0.4, 0.5) is 0 Å². The summed E-state index contributed by atoms with van der Waals surface area (Å²) in [5, 5.41) is 0. The van der Waals surface area contributed by atoms with E-state index < -0.39 is 0 Å². The topological polar surface area (TPSA) is 8.81 Å². The van der Waals surface area contributed by atoms with Crippen LogP contribution in [0.3, 0.4) is 0 Å². The molecule has 0 N–H and O–H groups in total. The van der Waals surface area contributed by atoms with Crippen LogP contribution in [-0.4, -0.2) is 4.57 Å². The standard InChI is InChI=1S/C16H17N2.ClH/c1-17-14-10-6-7-11-15(14)18(2)16(17)12-13-8-4-3-5-9-13;/h3-11H,12H2,1-2H3;1H/q+1;/p-1. The van der Waals surface area contributed by atoms with E-state index in [-0.39, 0.29) is 12.4 Å². The normalized spacial score (nSPS) is 10.4. The number of para-hydroxylation sites is 2. The Balaban J connectivity index is 0.00000133. The van der Waals surface area contributed by atoms with Crippen LogP contribution in [-0.2, 0) is 20.5 Å². The number of benzene rings is 2. The minimum Gasteiger partial charge on any atom is -1.00 e. The molecule has 2 nitrogen and oxygen atoms in total. The summed E-state index contributed by atoms with van der Waals surface area (Å²) in [4.78, 5) is 0. The third kappa shape index (κ3) is 2.36. The van der Waals surface area contributed by atoms with Crippen molar-refractivity contribution in [2.45, 2.75) is 6.42 Å². The highest BCUT2D eigenvalue weighted by Crippen LogP contribution is 2.14. The van der Waals surface area contributed by atoms with Crippen molar-refractivity contribution in [1.29, 1.82) is 0 Å². The Bertz CT molecular complexity index is 648. The quantitative estimate of drug-likeness (QED) is 0.562. The number of nitrogens with zero attached hydrogens (tertiary/aromatic N) is 2. The van der Waals surface area contributed by atoms with Gasteiger partial charge in [0.15, 0.2) is 11.0 Å².